The molecule has 3 N–H and O–H groups in total. The van der Waals surface area contributed by atoms with Gasteiger partial charge in [-0.1, -0.05) is 13.0 Å². The maximum Gasteiger partial charge on any atom is 0.240 e. The minimum atomic E-state index is -3.42. The van der Waals surface area contributed by atoms with Crippen molar-refractivity contribution in [2.75, 3.05) is 12.3 Å². The number of nitrogen functional groups attached to an aromatic ring is 1. The molecular weight excluding hydrogens is 236 g/mol. The van der Waals surface area contributed by atoms with Crippen molar-refractivity contribution >= 4 is 15.7 Å². The van der Waals surface area contributed by atoms with E-state index in [1.54, 1.807) is 18.2 Å². The molecule has 2 rings (SSSR count). The predicted molar refractivity (Wildman–Crippen MR) is 68.0 cm³/mol. The van der Waals surface area contributed by atoms with Crippen molar-refractivity contribution in [2.24, 2.45) is 5.41 Å². The van der Waals surface area contributed by atoms with Crippen molar-refractivity contribution in [3.63, 3.8) is 0 Å². The summed E-state index contributed by atoms with van der Waals surface area (Å²) in [5, 5.41) is 0. The first-order valence-corrected chi connectivity index (χ1v) is 7.31. The standard InChI is InChI=1S/C12H18N2O2S/c1-2-12(6-7-12)9-14-17(15,16)11-5-3-4-10(13)8-11/h3-5,8,14H,2,6-7,9,13H2,1H3. The minimum Gasteiger partial charge on any atom is -0.399 e. The molecule has 0 spiro atoms. The lowest BCUT2D eigenvalue weighted by molar-refractivity contribution is 0.475. The molecule has 1 aromatic rings. The summed E-state index contributed by atoms with van der Waals surface area (Å²) in [6, 6.07) is 6.36. The highest BCUT2D eigenvalue weighted by Gasteiger charge is 2.41. The Morgan fingerprint density at radius 1 is 1.41 bits per heavy atom. The Balaban J connectivity index is 2.09. The molecule has 0 saturated heterocycles. The summed E-state index contributed by atoms with van der Waals surface area (Å²) < 4.78 is 26.7. The average molecular weight is 254 g/mol. The molecule has 0 amide bonds. The number of rotatable bonds is 5. The molecule has 17 heavy (non-hydrogen) atoms. The van der Waals surface area contributed by atoms with Crippen LogP contribution in [0.4, 0.5) is 5.69 Å². The molecule has 94 valence electrons. The van der Waals surface area contributed by atoms with E-state index < -0.39 is 10.0 Å². The smallest absolute Gasteiger partial charge is 0.240 e. The van der Waals surface area contributed by atoms with Crippen LogP contribution in [0.25, 0.3) is 0 Å². The summed E-state index contributed by atoms with van der Waals surface area (Å²) >= 11 is 0. The average Bonchev–Trinajstić information content (AvgIpc) is 3.07. The lowest BCUT2D eigenvalue weighted by atomic mass is 10.1. The van der Waals surface area contributed by atoms with Gasteiger partial charge in [-0.05, 0) is 42.9 Å². The highest BCUT2D eigenvalue weighted by atomic mass is 32.2. The summed E-state index contributed by atoms with van der Waals surface area (Å²) in [7, 11) is -3.42. The van der Waals surface area contributed by atoms with Gasteiger partial charge in [-0.3, -0.25) is 0 Å². The molecule has 0 heterocycles. The van der Waals surface area contributed by atoms with Gasteiger partial charge in [0.15, 0.2) is 0 Å². The topological polar surface area (TPSA) is 72.2 Å². The molecule has 1 saturated carbocycles. The zero-order valence-corrected chi connectivity index (χ0v) is 10.8. The highest BCUT2D eigenvalue weighted by molar-refractivity contribution is 7.89. The van der Waals surface area contributed by atoms with Gasteiger partial charge in [-0.25, -0.2) is 13.1 Å². The Bertz CT molecular complexity index is 507. The fraction of sp³-hybridized carbons (Fsp3) is 0.500. The van der Waals surface area contributed by atoms with Crippen molar-refractivity contribution in [3.8, 4) is 0 Å². The number of benzene rings is 1. The zero-order chi connectivity index (χ0) is 12.5. The minimum absolute atomic E-state index is 0.202. The number of anilines is 1. The van der Waals surface area contributed by atoms with Crippen LogP contribution in [0.5, 0.6) is 0 Å². The summed E-state index contributed by atoms with van der Waals surface area (Å²) in [4.78, 5) is 0.240. The Morgan fingerprint density at radius 2 is 2.12 bits per heavy atom. The molecule has 0 aliphatic heterocycles. The van der Waals surface area contributed by atoms with Gasteiger partial charge in [-0.2, -0.15) is 0 Å². The van der Waals surface area contributed by atoms with Crippen molar-refractivity contribution in [1.82, 2.24) is 4.72 Å². The molecule has 0 radical (unpaired) electrons. The predicted octanol–water partition coefficient (Wildman–Crippen LogP) is 1.74. The first-order valence-electron chi connectivity index (χ1n) is 5.83. The van der Waals surface area contributed by atoms with Crippen LogP contribution < -0.4 is 10.5 Å². The van der Waals surface area contributed by atoms with E-state index in [1.807, 2.05) is 0 Å². The highest BCUT2D eigenvalue weighted by Crippen LogP contribution is 2.48. The van der Waals surface area contributed by atoms with Gasteiger partial charge < -0.3 is 5.73 Å². The Kier molecular flexibility index (Phi) is 3.14. The summed E-state index contributed by atoms with van der Waals surface area (Å²) in [6.07, 6.45) is 3.25. The first kappa shape index (κ1) is 12.4. The van der Waals surface area contributed by atoms with Gasteiger partial charge in [0.25, 0.3) is 0 Å². The van der Waals surface area contributed by atoms with E-state index in [0.29, 0.717) is 12.2 Å². The molecule has 4 nitrogen and oxygen atoms in total. The number of nitrogens with one attached hydrogen (secondary N) is 1. The second-order valence-corrected chi connectivity index (χ2v) is 6.52. The third kappa shape index (κ3) is 2.79. The van der Waals surface area contributed by atoms with Crippen molar-refractivity contribution < 1.29 is 8.42 Å². The maximum atomic E-state index is 12.0. The van der Waals surface area contributed by atoms with Gasteiger partial charge in [-0.15, -0.1) is 0 Å². The van der Waals surface area contributed by atoms with E-state index in [1.165, 1.54) is 6.07 Å². The fourth-order valence-corrected chi connectivity index (χ4v) is 3.06. The molecule has 1 fully saturated rings. The van der Waals surface area contributed by atoms with E-state index in [9.17, 15) is 8.42 Å². The third-order valence-corrected chi connectivity index (χ3v) is 4.91. The van der Waals surface area contributed by atoms with Crippen LogP contribution in [0.1, 0.15) is 26.2 Å². The van der Waals surface area contributed by atoms with Crippen molar-refractivity contribution in [1.29, 1.82) is 0 Å². The molecule has 0 atom stereocenters. The van der Waals surface area contributed by atoms with Crippen LogP contribution in [0.2, 0.25) is 0 Å². The molecular formula is C12H18N2O2S. The van der Waals surface area contributed by atoms with Crippen LogP contribution in [-0.2, 0) is 10.0 Å². The first-order chi connectivity index (χ1) is 7.97. The van der Waals surface area contributed by atoms with Crippen LogP contribution in [0.15, 0.2) is 29.2 Å². The fourth-order valence-electron chi connectivity index (χ4n) is 1.85. The molecule has 5 heteroatoms. The molecule has 0 aromatic heterocycles. The molecule has 0 bridgehead atoms. The van der Waals surface area contributed by atoms with E-state index in [4.69, 9.17) is 5.73 Å². The Morgan fingerprint density at radius 3 is 2.65 bits per heavy atom. The van der Waals surface area contributed by atoms with Gasteiger partial charge in [0.05, 0.1) is 4.90 Å². The van der Waals surface area contributed by atoms with E-state index in [2.05, 4.69) is 11.6 Å². The maximum absolute atomic E-state index is 12.0. The number of hydrogen-bond donors (Lipinski definition) is 2. The summed E-state index contributed by atoms with van der Waals surface area (Å²) in [5.41, 5.74) is 6.25. The monoisotopic (exact) mass is 254 g/mol. The summed E-state index contributed by atoms with van der Waals surface area (Å²) in [6.45, 7) is 2.63. The SMILES string of the molecule is CCC1(CNS(=O)(=O)c2cccc(N)c2)CC1. The van der Waals surface area contributed by atoms with E-state index >= 15 is 0 Å². The van der Waals surface area contributed by atoms with Crippen LogP contribution >= 0.6 is 0 Å². The number of sulfonamides is 1. The van der Waals surface area contributed by atoms with Gasteiger partial charge in [0.1, 0.15) is 0 Å². The van der Waals surface area contributed by atoms with Crippen molar-refractivity contribution in [2.45, 2.75) is 31.1 Å². The lowest BCUT2D eigenvalue weighted by Gasteiger charge is -2.13. The van der Waals surface area contributed by atoms with Crippen LogP contribution in [-0.4, -0.2) is 15.0 Å². The Hall–Kier alpha value is -1.07. The Labute approximate surface area is 102 Å². The number of hydrogen-bond acceptors (Lipinski definition) is 3. The molecule has 1 aliphatic carbocycles. The quantitative estimate of drug-likeness (QED) is 0.786. The van der Waals surface area contributed by atoms with E-state index in [-0.39, 0.29) is 10.3 Å². The molecule has 0 unspecified atom stereocenters. The van der Waals surface area contributed by atoms with Gasteiger partial charge in [0.2, 0.25) is 10.0 Å². The van der Waals surface area contributed by atoms with Gasteiger partial charge in [0, 0.05) is 12.2 Å². The summed E-state index contributed by atoms with van der Waals surface area (Å²) in [5.74, 6) is 0. The van der Waals surface area contributed by atoms with Crippen LogP contribution in [0, 0.1) is 5.41 Å². The van der Waals surface area contributed by atoms with Crippen LogP contribution in [0.3, 0.4) is 0 Å². The molecule has 1 aromatic carbocycles. The second kappa shape index (κ2) is 4.31. The van der Waals surface area contributed by atoms with E-state index in [0.717, 1.165) is 19.3 Å². The number of nitrogens with two attached hydrogens (primary N) is 1. The zero-order valence-electron chi connectivity index (χ0n) is 9.94. The largest absolute Gasteiger partial charge is 0.399 e. The third-order valence-electron chi connectivity index (χ3n) is 3.51. The normalized spacial score (nSPS) is 17.9. The lowest BCUT2D eigenvalue weighted by Crippen LogP contribution is -2.30. The molecule has 1 aliphatic rings. The van der Waals surface area contributed by atoms with Crippen molar-refractivity contribution in [3.05, 3.63) is 24.3 Å². The van der Waals surface area contributed by atoms with Gasteiger partial charge >= 0.3 is 0 Å². The second-order valence-electron chi connectivity index (χ2n) is 4.75.